The van der Waals surface area contributed by atoms with Gasteiger partial charge in [-0.15, -0.1) is 0 Å². The molecule has 0 aliphatic rings. The Hall–Kier alpha value is -1.22. The molecule has 1 rings (SSSR count). The Balaban J connectivity index is 2.86. The molecule has 0 amide bonds. The first-order valence-electron chi connectivity index (χ1n) is 3.24. The van der Waals surface area contributed by atoms with Gasteiger partial charge in [0.15, 0.2) is 5.78 Å². The lowest BCUT2D eigenvalue weighted by molar-refractivity contribution is 0.0976. The molecule has 1 radical (unpaired) electrons. The minimum absolute atomic E-state index is 0.182. The van der Waals surface area contributed by atoms with Crippen molar-refractivity contribution in [3.63, 3.8) is 0 Å². The maximum atomic E-state index is 11.1. The molecule has 1 heterocycles. The van der Waals surface area contributed by atoms with E-state index < -0.39 is 6.04 Å². The van der Waals surface area contributed by atoms with Crippen molar-refractivity contribution in [3.8, 4) is 0 Å². The summed E-state index contributed by atoms with van der Waals surface area (Å²) in [5.41, 5.74) is 5.79. The molecule has 0 aliphatic heterocycles. The minimum atomic E-state index is -0.695. The number of pyridine rings is 1. The summed E-state index contributed by atoms with van der Waals surface area (Å²) in [5, 5.41) is 0. The molecule has 0 aromatic carbocycles. The van der Waals surface area contributed by atoms with E-state index in [9.17, 15) is 4.79 Å². The average Bonchev–Trinajstić information content (AvgIpc) is 2.05. The van der Waals surface area contributed by atoms with Gasteiger partial charge < -0.3 is 5.73 Å². The molecule has 57 valence electrons. The number of Topliss-reactive ketones (excluding diaryl/α,β-unsaturated/α-hetero) is 1. The smallest absolute Gasteiger partial charge is 0.181 e. The van der Waals surface area contributed by atoms with Gasteiger partial charge in [0.25, 0.3) is 0 Å². The van der Waals surface area contributed by atoms with Crippen molar-refractivity contribution in [3.05, 3.63) is 37.0 Å². The van der Waals surface area contributed by atoms with Gasteiger partial charge >= 0.3 is 0 Å². The molecule has 1 aromatic rings. The van der Waals surface area contributed by atoms with Crippen molar-refractivity contribution in [2.24, 2.45) is 5.73 Å². The first-order chi connectivity index (χ1) is 5.22. The van der Waals surface area contributed by atoms with Crippen molar-refractivity contribution in [2.75, 3.05) is 0 Å². The van der Waals surface area contributed by atoms with Crippen molar-refractivity contribution < 1.29 is 4.79 Å². The van der Waals surface area contributed by atoms with Crippen LogP contribution < -0.4 is 5.73 Å². The van der Waals surface area contributed by atoms with Gasteiger partial charge in [-0.3, -0.25) is 9.78 Å². The summed E-state index contributed by atoms with van der Waals surface area (Å²) in [6.07, 6.45) is 3.08. The number of nitrogens with two attached hydrogens (primary N) is 1. The van der Waals surface area contributed by atoms with Gasteiger partial charge in [0, 0.05) is 18.0 Å². The van der Waals surface area contributed by atoms with E-state index in [1.54, 1.807) is 18.3 Å². The first-order valence-corrected chi connectivity index (χ1v) is 3.24. The second kappa shape index (κ2) is 3.25. The van der Waals surface area contributed by atoms with Crippen molar-refractivity contribution in [1.29, 1.82) is 0 Å². The molecule has 2 N–H and O–H groups in total. The highest BCUT2D eigenvalue weighted by Gasteiger charge is 2.09. The second-order valence-electron chi connectivity index (χ2n) is 2.21. The fourth-order valence-electron chi connectivity index (χ4n) is 0.723. The summed E-state index contributed by atoms with van der Waals surface area (Å²) in [6, 6.07) is 2.66. The Morgan fingerprint density at radius 3 is 2.91 bits per heavy atom. The number of nitrogens with zero attached hydrogens (tertiary/aromatic N) is 1. The Labute approximate surface area is 65.2 Å². The van der Waals surface area contributed by atoms with Crippen LogP contribution in [-0.2, 0) is 0 Å². The molecule has 0 aliphatic carbocycles. The second-order valence-corrected chi connectivity index (χ2v) is 2.21. The normalized spacial score (nSPS) is 12.5. The van der Waals surface area contributed by atoms with E-state index in [-0.39, 0.29) is 5.78 Å². The molecule has 1 aromatic heterocycles. The van der Waals surface area contributed by atoms with Crippen LogP contribution in [0.2, 0.25) is 0 Å². The molecule has 3 nitrogen and oxygen atoms in total. The molecule has 11 heavy (non-hydrogen) atoms. The third-order valence-corrected chi connectivity index (χ3v) is 1.28. The predicted molar refractivity (Wildman–Crippen MR) is 41.9 cm³/mol. The fourth-order valence-corrected chi connectivity index (χ4v) is 0.723. The summed E-state index contributed by atoms with van der Waals surface area (Å²) in [5.74, 6) is -0.182. The monoisotopic (exact) mass is 149 g/mol. The molecule has 3 heteroatoms. The summed E-state index contributed by atoms with van der Waals surface area (Å²) in [6.45, 7) is 3.42. The van der Waals surface area contributed by atoms with Gasteiger partial charge in [0.05, 0.1) is 6.04 Å². The van der Waals surface area contributed by atoms with Crippen molar-refractivity contribution in [1.82, 2.24) is 4.98 Å². The topological polar surface area (TPSA) is 56.0 Å². The first kappa shape index (κ1) is 7.88. The largest absolute Gasteiger partial charge is 0.321 e. The Bertz CT molecular complexity index is 244. The molecule has 1 unspecified atom stereocenters. The van der Waals surface area contributed by atoms with E-state index in [0.717, 1.165) is 0 Å². The number of carbonyl (C=O) groups is 1. The number of hydrogen-bond acceptors (Lipinski definition) is 3. The van der Waals surface area contributed by atoms with E-state index in [2.05, 4.69) is 11.9 Å². The van der Waals surface area contributed by atoms with Crippen LogP contribution in [0.25, 0.3) is 0 Å². The van der Waals surface area contributed by atoms with Crippen LogP contribution >= 0.6 is 0 Å². The summed E-state index contributed by atoms with van der Waals surface area (Å²) in [7, 11) is 0. The zero-order valence-corrected chi connectivity index (χ0v) is 6.03. The Morgan fingerprint density at radius 1 is 1.73 bits per heavy atom. The van der Waals surface area contributed by atoms with E-state index in [0.29, 0.717) is 5.56 Å². The van der Waals surface area contributed by atoms with Crippen LogP contribution in [0.1, 0.15) is 10.4 Å². The number of carbonyl (C=O) groups excluding carboxylic acids is 1. The third kappa shape index (κ3) is 1.85. The fraction of sp³-hybridized carbons (Fsp3) is 0.125. The minimum Gasteiger partial charge on any atom is -0.321 e. The number of hydrogen-bond donors (Lipinski definition) is 1. The lowest BCUT2D eigenvalue weighted by atomic mass is 10.1. The van der Waals surface area contributed by atoms with Gasteiger partial charge in [-0.1, -0.05) is 0 Å². The number of rotatable bonds is 2. The molecular weight excluding hydrogens is 140 g/mol. The molecule has 0 bridgehead atoms. The van der Waals surface area contributed by atoms with E-state index in [1.807, 2.05) is 0 Å². The van der Waals surface area contributed by atoms with Gasteiger partial charge in [0.1, 0.15) is 0 Å². The van der Waals surface area contributed by atoms with Crippen LogP contribution in [0, 0.1) is 6.92 Å². The van der Waals surface area contributed by atoms with Gasteiger partial charge in [-0.25, -0.2) is 0 Å². The standard InChI is InChI=1S/C8H9N2O/c1-6(9)8(11)7-3-2-4-10-5-7/h2-6H,1,9H2. The van der Waals surface area contributed by atoms with Crippen LogP contribution in [0.4, 0.5) is 0 Å². The number of aromatic nitrogens is 1. The lowest BCUT2D eigenvalue weighted by Gasteiger charge is -2.01. The molecule has 0 saturated carbocycles. The zero-order valence-electron chi connectivity index (χ0n) is 6.03. The van der Waals surface area contributed by atoms with Crippen molar-refractivity contribution in [2.45, 2.75) is 6.04 Å². The van der Waals surface area contributed by atoms with Crippen molar-refractivity contribution >= 4 is 5.78 Å². The van der Waals surface area contributed by atoms with E-state index in [1.165, 1.54) is 6.20 Å². The Kier molecular flexibility index (Phi) is 2.33. The highest BCUT2D eigenvalue weighted by Crippen LogP contribution is 1.98. The summed E-state index contributed by atoms with van der Waals surface area (Å²) in [4.78, 5) is 14.9. The predicted octanol–water partition coefficient (Wildman–Crippen LogP) is 0.426. The molecule has 1 atom stereocenters. The van der Waals surface area contributed by atoms with Crippen LogP contribution in [0.5, 0.6) is 0 Å². The third-order valence-electron chi connectivity index (χ3n) is 1.28. The van der Waals surface area contributed by atoms with Gasteiger partial charge in [0.2, 0.25) is 0 Å². The van der Waals surface area contributed by atoms with Gasteiger partial charge in [-0.2, -0.15) is 0 Å². The summed E-state index contributed by atoms with van der Waals surface area (Å²) >= 11 is 0. The molecule has 0 saturated heterocycles. The maximum Gasteiger partial charge on any atom is 0.181 e. The molecule has 0 fully saturated rings. The molecular formula is C8H9N2O. The van der Waals surface area contributed by atoms with Crippen LogP contribution in [-0.4, -0.2) is 16.8 Å². The molecule has 0 spiro atoms. The quantitative estimate of drug-likeness (QED) is 0.620. The maximum absolute atomic E-state index is 11.1. The SMILES string of the molecule is [CH2]C(N)C(=O)c1cccnc1. The highest BCUT2D eigenvalue weighted by atomic mass is 16.1. The number of ketones is 1. The average molecular weight is 149 g/mol. The van der Waals surface area contributed by atoms with Crippen LogP contribution in [0.15, 0.2) is 24.5 Å². The summed E-state index contributed by atoms with van der Waals surface area (Å²) < 4.78 is 0. The highest BCUT2D eigenvalue weighted by molar-refractivity contribution is 6.00. The lowest BCUT2D eigenvalue weighted by Crippen LogP contribution is -2.26. The van der Waals surface area contributed by atoms with E-state index in [4.69, 9.17) is 5.73 Å². The van der Waals surface area contributed by atoms with E-state index >= 15 is 0 Å². The van der Waals surface area contributed by atoms with Gasteiger partial charge in [-0.05, 0) is 19.1 Å². The Morgan fingerprint density at radius 2 is 2.45 bits per heavy atom. The van der Waals surface area contributed by atoms with Crippen LogP contribution in [0.3, 0.4) is 0 Å². The zero-order chi connectivity index (χ0) is 8.27.